The van der Waals surface area contributed by atoms with Crippen LogP contribution in [0.15, 0.2) is 11.4 Å². The summed E-state index contributed by atoms with van der Waals surface area (Å²) in [6.07, 6.45) is -5.72. The van der Waals surface area contributed by atoms with E-state index in [-0.39, 0.29) is 10.0 Å². The first-order valence-corrected chi connectivity index (χ1v) is 4.88. The van der Waals surface area contributed by atoms with E-state index in [1.165, 1.54) is 6.07 Å². The SMILES string of the molecule is O=C(Nc1ccsc1Cl)OCC(F)(F)F. The zero-order valence-corrected chi connectivity index (χ0v) is 8.67. The van der Waals surface area contributed by atoms with Crippen LogP contribution in [-0.4, -0.2) is 18.9 Å². The van der Waals surface area contributed by atoms with Crippen LogP contribution in [0.5, 0.6) is 0 Å². The number of anilines is 1. The summed E-state index contributed by atoms with van der Waals surface area (Å²) in [5, 5.41) is 3.67. The molecule has 0 fully saturated rings. The van der Waals surface area contributed by atoms with E-state index in [1.807, 2.05) is 0 Å². The molecule has 1 rings (SSSR count). The second-order valence-electron chi connectivity index (χ2n) is 2.42. The van der Waals surface area contributed by atoms with Crippen LogP contribution in [0.4, 0.5) is 23.7 Å². The summed E-state index contributed by atoms with van der Waals surface area (Å²) in [5.74, 6) is 0. The molecule has 0 aliphatic carbocycles. The van der Waals surface area contributed by atoms with E-state index in [0.717, 1.165) is 11.3 Å². The van der Waals surface area contributed by atoms with Gasteiger partial charge in [-0.05, 0) is 11.4 Å². The van der Waals surface area contributed by atoms with E-state index in [2.05, 4.69) is 10.1 Å². The van der Waals surface area contributed by atoms with Crippen molar-refractivity contribution in [3.05, 3.63) is 15.8 Å². The van der Waals surface area contributed by atoms with E-state index in [1.54, 1.807) is 5.38 Å². The summed E-state index contributed by atoms with van der Waals surface area (Å²) >= 11 is 6.74. The molecule has 15 heavy (non-hydrogen) atoms. The normalized spacial score (nSPS) is 11.2. The molecule has 0 aliphatic heterocycles. The Kier molecular flexibility index (Phi) is 3.81. The van der Waals surface area contributed by atoms with E-state index in [9.17, 15) is 18.0 Å². The Labute approximate surface area is 91.8 Å². The Morgan fingerprint density at radius 2 is 2.27 bits per heavy atom. The summed E-state index contributed by atoms with van der Waals surface area (Å²) in [5.41, 5.74) is 0.230. The number of alkyl halides is 3. The predicted octanol–water partition coefficient (Wildman–Crippen LogP) is 3.51. The smallest absolute Gasteiger partial charge is 0.422 e. The van der Waals surface area contributed by atoms with Crippen LogP contribution in [0.3, 0.4) is 0 Å². The first-order chi connectivity index (χ1) is 6.88. The van der Waals surface area contributed by atoms with Crippen LogP contribution >= 0.6 is 22.9 Å². The number of carbonyl (C=O) groups excluding carboxylic acids is 1. The lowest BCUT2D eigenvalue weighted by atomic mass is 10.5. The zero-order chi connectivity index (χ0) is 11.5. The van der Waals surface area contributed by atoms with Crippen LogP contribution in [-0.2, 0) is 4.74 Å². The highest BCUT2D eigenvalue weighted by Gasteiger charge is 2.29. The number of thiophene rings is 1. The molecule has 0 aliphatic rings. The number of amides is 1. The van der Waals surface area contributed by atoms with E-state index in [0.29, 0.717) is 0 Å². The van der Waals surface area contributed by atoms with E-state index in [4.69, 9.17) is 11.6 Å². The molecule has 0 radical (unpaired) electrons. The fraction of sp³-hybridized carbons (Fsp3) is 0.286. The van der Waals surface area contributed by atoms with Crippen molar-refractivity contribution < 1.29 is 22.7 Å². The monoisotopic (exact) mass is 259 g/mol. The molecule has 0 saturated carbocycles. The lowest BCUT2D eigenvalue weighted by Crippen LogP contribution is -2.23. The largest absolute Gasteiger partial charge is 0.440 e. The van der Waals surface area contributed by atoms with Crippen LogP contribution in [0.25, 0.3) is 0 Å². The molecule has 0 aromatic carbocycles. The standard InChI is InChI=1S/C7H5ClF3NO2S/c8-5-4(1-2-15-5)12-6(13)14-3-7(9,10)11/h1-2H,3H2,(H,12,13). The third kappa shape index (κ3) is 4.39. The molecule has 8 heteroatoms. The Hall–Kier alpha value is -0.950. The van der Waals surface area contributed by atoms with Gasteiger partial charge in [-0.3, -0.25) is 5.32 Å². The molecule has 1 heterocycles. The quantitative estimate of drug-likeness (QED) is 0.883. The van der Waals surface area contributed by atoms with Gasteiger partial charge in [0.25, 0.3) is 0 Å². The van der Waals surface area contributed by atoms with Crippen LogP contribution in [0, 0.1) is 0 Å². The lowest BCUT2D eigenvalue weighted by molar-refractivity contribution is -0.159. The molecule has 84 valence electrons. The minimum Gasteiger partial charge on any atom is -0.440 e. The maximum atomic E-state index is 11.6. The fourth-order valence-corrected chi connectivity index (χ4v) is 1.51. The zero-order valence-electron chi connectivity index (χ0n) is 7.10. The number of carbonyl (C=O) groups is 1. The molecule has 1 N–H and O–H groups in total. The van der Waals surface area contributed by atoms with Gasteiger partial charge in [0.05, 0.1) is 5.69 Å². The second-order valence-corrected chi connectivity index (χ2v) is 3.94. The minimum atomic E-state index is -4.53. The maximum Gasteiger partial charge on any atom is 0.422 e. The number of ether oxygens (including phenoxy) is 1. The minimum absolute atomic E-state index is 0.230. The van der Waals surface area contributed by atoms with Crippen molar-refractivity contribution in [1.82, 2.24) is 0 Å². The lowest BCUT2D eigenvalue weighted by Gasteiger charge is -2.08. The average molecular weight is 260 g/mol. The van der Waals surface area contributed by atoms with Gasteiger partial charge in [0, 0.05) is 0 Å². The van der Waals surface area contributed by atoms with Crippen molar-refractivity contribution in [2.75, 3.05) is 11.9 Å². The molecule has 1 aromatic rings. The van der Waals surface area contributed by atoms with Crippen molar-refractivity contribution in [1.29, 1.82) is 0 Å². The van der Waals surface area contributed by atoms with Gasteiger partial charge in [0.2, 0.25) is 0 Å². The van der Waals surface area contributed by atoms with Gasteiger partial charge >= 0.3 is 12.3 Å². The van der Waals surface area contributed by atoms with E-state index < -0.39 is 18.9 Å². The molecular formula is C7H5ClF3NO2S. The van der Waals surface area contributed by atoms with Gasteiger partial charge in [-0.25, -0.2) is 4.79 Å². The van der Waals surface area contributed by atoms with Gasteiger partial charge < -0.3 is 4.74 Å². The summed E-state index contributed by atoms with van der Waals surface area (Å²) in [6.45, 7) is -1.62. The highest BCUT2D eigenvalue weighted by Crippen LogP contribution is 2.27. The van der Waals surface area contributed by atoms with Crippen molar-refractivity contribution in [3.8, 4) is 0 Å². The van der Waals surface area contributed by atoms with Gasteiger partial charge in [0.1, 0.15) is 4.34 Å². The molecule has 0 bridgehead atoms. The summed E-state index contributed by atoms with van der Waals surface area (Å²) in [7, 11) is 0. The van der Waals surface area contributed by atoms with Gasteiger partial charge in [-0.15, -0.1) is 11.3 Å². The third-order valence-electron chi connectivity index (χ3n) is 1.22. The highest BCUT2D eigenvalue weighted by atomic mass is 35.5. The molecule has 1 amide bonds. The van der Waals surface area contributed by atoms with Crippen molar-refractivity contribution in [3.63, 3.8) is 0 Å². The first kappa shape index (κ1) is 12.1. The highest BCUT2D eigenvalue weighted by molar-refractivity contribution is 7.15. The number of hydrogen-bond donors (Lipinski definition) is 1. The Morgan fingerprint density at radius 1 is 1.60 bits per heavy atom. The molecular weight excluding hydrogens is 255 g/mol. The average Bonchev–Trinajstić information content (AvgIpc) is 2.47. The topological polar surface area (TPSA) is 38.3 Å². The van der Waals surface area contributed by atoms with Gasteiger partial charge in [-0.1, -0.05) is 11.6 Å². The summed E-state index contributed by atoms with van der Waals surface area (Å²) < 4.78 is 39.1. The van der Waals surface area contributed by atoms with Crippen LogP contribution < -0.4 is 5.32 Å². The van der Waals surface area contributed by atoms with E-state index >= 15 is 0 Å². The van der Waals surface area contributed by atoms with Gasteiger partial charge in [-0.2, -0.15) is 13.2 Å². The third-order valence-corrected chi connectivity index (χ3v) is 2.39. The molecule has 0 spiro atoms. The Bertz CT molecular complexity index is 352. The summed E-state index contributed by atoms with van der Waals surface area (Å²) in [6, 6.07) is 1.46. The number of halogens is 4. The number of hydrogen-bond acceptors (Lipinski definition) is 3. The first-order valence-electron chi connectivity index (χ1n) is 3.62. The van der Waals surface area contributed by atoms with Crippen molar-refractivity contribution in [2.24, 2.45) is 0 Å². The fourth-order valence-electron chi connectivity index (χ4n) is 0.675. The molecule has 0 unspecified atom stereocenters. The van der Waals surface area contributed by atoms with Crippen molar-refractivity contribution in [2.45, 2.75) is 6.18 Å². The van der Waals surface area contributed by atoms with Gasteiger partial charge in [0.15, 0.2) is 6.61 Å². The molecule has 1 aromatic heterocycles. The Morgan fingerprint density at radius 3 is 2.73 bits per heavy atom. The summed E-state index contributed by atoms with van der Waals surface area (Å²) in [4.78, 5) is 10.8. The molecule has 3 nitrogen and oxygen atoms in total. The number of rotatable bonds is 2. The Balaban J connectivity index is 2.41. The van der Waals surface area contributed by atoms with Crippen molar-refractivity contribution >= 4 is 34.7 Å². The van der Waals surface area contributed by atoms with Crippen LogP contribution in [0.2, 0.25) is 4.34 Å². The second kappa shape index (κ2) is 4.71. The molecule has 0 saturated heterocycles. The maximum absolute atomic E-state index is 11.6. The predicted molar refractivity (Wildman–Crippen MR) is 50.4 cm³/mol. The number of nitrogens with one attached hydrogen (secondary N) is 1. The molecule has 0 atom stereocenters. The van der Waals surface area contributed by atoms with Crippen LogP contribution in [0.1, 0.15) is 0 Å².